The van der Waals surface area contributed by atoms with Crippen LogP contribution in [0.25, 0.3) is 0 Å². The van der Waals surface area contributed by atoms with Gasteiger partial charge in [-0.25, -0.2) is 0 Å². The van der Waals surface area contributed by atoms with Crippen LogP contribution in [0.15, 0.2) is 17.6 Å². The zero-order valence-corrected chi connectivity index (χ0v) is 11.5. The molecule has 0 saturated heterocycles. The Balaban J connectivity index is 3.67. The Morgan fingerprint density at radius 3 is 2.72 bits per heavy atom. The third-order valence-corrected chi connectivity index (χ3v) is 2.29. The molecule has 2 N–H and O–H groups in total. The number of hydrogen-bond donors (Lipinski definition) is 2. The number of hydrogen-bond acceptors (Lipinski definition) is 3. The van der Waals surface area contributed by atoms with Gasteiger partial charge in [0.15, 0.2) is 5.96 Å². The van der Waals surface area contributed by atoms with Crippen molar-refractivity contribution in [1.82, 2.24) is 10.6 Å². The Kier molecular flexibility index (Phi) is 10.9. The summed E-state index contributed by atoms with van der Waals surface area (Å²) >= 11 is 0. The van der Waals surface area contributed by atoms with Crippen molar-refractivity contribution in [2.45, 2.75) is 32.6 Å². The van der Waals surface area contributed by atoms with E-state index in [9.17, 15) is 4.79 Å². The topological polar surface area (TPSA) is 62.7 Å². The molecule has 0 aliphatic rings. The van der Waals surface area contributed by atoms with Crippen LogP contribution >= 0.6 is 0 Å². The number of nitrogens with zero attached hydrogens (tertiary/aromatic N) is 1. The standard InChI is InChI=1S/C13H25N3O2/c1-4-10-15-13(14-5-2)16-11-8-6-7-9-12(17)18-3/h4H,1,5-11H2,2-3H3,(H2,14,15,16). The molecule has 0 atom stereocenters. The number of unbranched alkanes of at least 4 members (excludes halogenated alkanes) is 2. The maximum absolute atomic E-state index is 10.9. The molecule has 104 valence electrons. The van der Waals surface area contributed by atoms with E-state index < -0.39 is 0 Å². The number of guanidine groups is 1. The maximum atomic E-state index is 10.9. The lowest BCUT2D eigenvalue weighted by atomic mass is 10.2. The van der Waals surface area contributed by atoms with Crippen LogP contribution in [0.1, 0.15) is 32.6 Å². The number of esters is 1. The third-order valence-electron chi connectivity index (χ3n) is 2.29. The number of ether oxygens (including phenoxy) is 1. The molecule has 0 aromatic carbocycles. The van der Waals surface area contributed by atoms with Crippen LogP contribution in [0.3, 0.4) is 0 Å². The minimum Gasteiger partial charge on any atom is -0.469 e. The summed E-state index contributed by atoms with van der Waals surface area (Å²) in [6.45, 7) is 7.98. The van der Waals surface area contributed by atoms with Crippen LogP contribution in [0.5, 0.6) is 0 Å². The van der Waals surface area contributed by atoms with Crippen molar-refractivity contribution < 1.29 is 9.53 Å². The van der Waals surface area contributed by atoms with Gasteiger partial charge in [0.25, 0.3) is 0 Å². The first kappa shape index (κ1) is 16.5. The molecule has 0 radical (unpaired) electrons. The smallest absolute Gasteiger partial charge is 0.305 e. The highest BCUT2D eigenvalue weighted by Gasteiger charge is 1.99. The van der Waals surface area contributed by atoms with E-state index >= 15 is 0 Å². The Morgan fingerprint density at radius 2 is 2.11 bits per heavy atom. The highest BCUT2D eigenvalue weighted by Crippen LogP contribution is 2.01. The molecule has 5 heteroatoms. The summed E-state index contributed by atoms with van der Waals surface area (Å²) in [4.78, 5) is 15.3. The van der Waals surface area contributed by atoms with Gasteiger partial charge in [-0.1, -0.05) is 12.5 Å². The van der Waals surface area contributed by atoms with Crippen LogP contribution in [0, 0.1) is 0 Å². The molecule has 0 saturated carbocycles. The van der Waals surface area contributed by atoms with E-state index in [4.69, 9.17) is 0 Å². The monoisotopic (exact) mass is 255 g/mol. The molecule has 0 heterocycles. The molecule has 0 aromatic heterocycles. The number of methoxy groups -OCH3 is 1. The Bertz CT molecular complexity index is 265. The molecular weight excluding hydrogens is 230 g/mol. The van der Waals surface area contributed by atoms with Gasteiger partial charge in [-0.3, -0.25) is 9.79 Å². The Morgan fingerprint density at radius 1 is 1.33 bits per heavy atom. The van der Waals surface area contributed by atoms with E-state index in [1.165, 1.54) is 7.11 Å². The van der Waals surface area contributed by atoms with Crippen molar-refractivity contribution in [2.75, 3.05) is 26.7 Å². The predicted octanol–water partition coefficient (Wildman–Crippen LogP) is 1.46. The highest BCUT2D eigenvalue weighted by molar-refractivity contribution is 5.79. The fourth-order valence-corrected chi connectivity index (χ4v) is 1.36. The number of nitrogens with one attached hydrogen (secondary N) is 2. The lowest BCUT2D eigenvalue weighted by Crippen LogP contribution is -2.37. The maximum Gasteiger partial charge on any atom is 0.305 e. The van der Waals surface area contributed by atoms with Gasteiger partial charge < -0.3 is 15.4 Å². The van der Waals surface area contributed by atoms with E-state index in [0.29, 0.717) is 13.0 Å². The molecule has 0 rings (SSSR count). The van der Waals surface area contributed by atoms with E-state index in [1.807, 2.05) is 6.92 Å². The first-order valence-corrected chi connectivity index (χ1v) is 6.44. The second kappa shape index (κ2) is 12.0. The zero-order valence-electron chi connectivity index (χ0n) is 11.5. The number of carbonyl (C=O) groups is 1. The molecule has 0 spiro atoms. The molecular formula is C13H25N3O2. The van der Waals surface area contributed by atoms with Gasteiger partial charge in [0.1, 0.15) is 0 Å². The van der Waals surface area contributed by atoms with Crippen molar-refractivity contribution in [3.63, 3.8) is 0 Å². The van der Waals surface area contributed by atoms with Gasteiger partial charge in [-0.2, -0.15) is 0 Å². The largest absolute Gasteiger partial charge is 0.469 e. The van der Waals surface area contributed by atoms with Gasteiger partial charge in [-0.15, -0.1) is 6.58 Å². The summed E-state index contributed by atoms with van der Waals surface area (Å²) in [5.41, 5.74) is 0. The molecule has 0 bridgehead atoms. The van der Waals surface area contributed by atoms with Crippen LogP contribution in [-0.4, -0.2) is 38.7 Å². The van der Waals surface area contributed by atoms with Crippen molar-refractivity contribution in [3.8, 4) is 0 Å². The molecule has 0 amide bonds. The summed E-state index contributed by atoms with van der Waals surface area (Å²) in [6, 6.07) is 0. The normalized spacial score (nSPS) is 10.9. The van der Waals surface area contributed by atoms with Gasteiger partial charge in [-0.05, 0) is 19.8 Å². The van der Waals surface area contributed by atoms with Crippen molar-refractivity contribution in [3.05, 3.63) is 12.7 Å². The lowest BCUT2D eigenvalue weighted by Gasteiger charge is -2.09. The summed E-state index contributed by atoms with van der Waals surface area (Å²) < 4.78 is 4.58. The average Bonchev–Trinajstić information content (AvgIpc) is 2.39. The minimum atomic E-state index is -0.139. The third kappa shape index (κ3) is 9.69. The van der Waals surface area contributed by atoms with Gasteiger partial charge in [0, 0.05) is 26.1 Å². The van der Waals surface area contributed by atoms with Gasteiger partial charge in [0.2, 0.25) is 0 Å². The second-order valence-corrected chi connectivity index (χ2v) is 3.82. The van der Waals surface area contributed by atoms with E-state index in [0.717, 1.165) is 38.3 Å². The second-order valence-electron chi connectivity index (χ2n) is 3.82. The average molecular weight is 255 g/mol. The van der Waals surface area contributed by atoms with Crippen LogP contribution < -0.4 is 10.6 Å². The number of carbonyl (C=O) groups excluding carboxylic acids is 1. The fourth-order valence-electron chi connectivity index (χ4n) is 1.36. The molecule has 0 fully saturated rings. The van der Waals surface area contributed by atoms with E-state index in [2.05, 4.69) is 26.9 Å². The van der Waals surface area contributed by atoms with Crippen LogP contribution in [-0.2, 0) is 9.53 Å². The van der Waals surface area contributed by atoms with Crippen LogP contribution in [0.2, 0.25) is 0 Å². The fraction of sp³-hybridized carbons (Fsp3) is 0.692. The van der Waals surface area contributed by atoms with Crippen molar-refractivity contribution in [2.24, 2.45) is 4.99 Å². The number of rotatable bonds is 9. The van der Waals surface area contributed by atoms with Crippen molar-refractivity contribution >= 4 is 11.9 Å². The van der Waals surface area contributed by atoms with E-state index in [-0.39, 0.29) is 5.97 Å². The first-order valence-electron chi connectivity index (χ1n) is 6.44. The Labute approximate surface area is 110 Å². The van der Waals surface area contributed by atoms with Crippen molar-refractivity contribution in [1.29, 1.82) is 0 Å². The Hall–Kier alpha value is -1.52. The quantitative estimate of drug-likeness (QED) is 0.215. The van der Waals surface area contributed by atoms with Gasteiger partial charge >= 0.3 is 5.97 Å². The molecule has 0 aliphatic heterocycles. The lowest BCUT2D eigenvalue weighted by molar-refractivity contribution is -0.140. The number of aliphatic imine (C=N–C) groups is 1. The summed E-state index contributed by atoms with van der Waals surface area (Å²) in [6.07, 6.45) is 5.11. The molecule has 18 heavy (non-hydrogen) atoms. The zero-order chi connectivity index (χ0) is 13.6. The van der Waals surface area contributed by atoms with E-state index in [1.54, 1.807) is 6.08 Å². The summed E-state index contributed by atoms with van der Waals surface area (Å²) in [7, 11) is 1.42. The first-order chi connectivity index (χ1) is 8.74. The SMILES string of the molecule is C=CCNC(=NCCCCCC(=O)OC)NCC. The summed E-state index contributed by atoms with van der Waals surface area (Å²) in [5, 5.41) is 6.29. The highest BCUT2D eigenvalue weighted by atomic mass is 16.5. The summed E-state index contributed by atoms with van der Waals surface area (Å²) in [5.74, 6) is 0.671. The molecule has 0 unspecified atom stereocenters. The van der Waals surface area contributed by atoms with Gasteiger partial charge in [0.05, 0.1) is 7.11 Å². The minimum absolute atomic E-state index is 0.139. The molecule has 0 aliphatic carbocycles. The predicted molar refractivity (Wildman–Crippen MR) is 74.7 cm³/mol. The van der Waals surface area contributed by atoms with Crippen LogP contribution in [0.4, 0.5) is 0 Å². The molecule has 5 nitrogen and oxygen atoms in total. The molecule has 0 aromatic rings.